The number of para-hydroxylation sites is 1. The van der Waals surface area contributed by atoms with Crippen molar-refractivity contribution in [1.82, 2.24) is 0 Å². The molecule has 1 aliphatic heterocycles. The van der Waals surface area contributed by atoms with Crippen LogP contribution >= 0.6 is 12.2 Å². The summed E-state index contributed by atoms with van der Waals surface area (Å²) in [7, 11) is 0. The van der Waals surface area contributed by atoms with Crippen molar-refractivity contribution >= 4 is 17.2 Å². The second-order valence-electron chi connectivity index (χ2n) is 4.75. The summed E-state index contributed by atoms with van der Waals surface area (Å²) in [4.78, 5) is 0.395. The van der Waals surface area contributed by atoms with E-state index in [1.54, 1.807) is 0 Å². The standard InChI is InChI=1S/C16H15NO2S/c17-16(20)11-5-7-13(8-6-11)18-10-14-9-12-3-1-2-4-15(12)19-14/h1-8,14H,9-10H2,(H2,17,20). The monoisotopic (exact) mass is 285 g/mol. The van der Waals surface area contributed by atoms with Gasteiger partial charge in [0.15, 0.2) is 0 Å². The molecule has 20 heavy (non-hydrogen) atoms. The molecule has 0 fully saturated rings. The van der Waals surface area contributed by atoms with E-state index in [0.717, 1.165) is 23.5 Å². The molecule has 3 nitrogen and oxygen atoms in total. The van der Waals surface area contributed by atoms with Crippen molar-refractivity contribution in [2.24, 2.45) is 5.73 Å². The summed E-state index contributed by atoms with van der Waals surface area (Å²) in [5.74, 6) is 1.76. The summed E-state index contributed by atoms with van der Waals surface area (Å²) in [5.41, 5.74) is 7.64. The second kappa shape index (κ2) is 5.51. The molecule has 2 aromatic carbocycles. The highest BCUT2D eigenvalue weighted by molar-refractivity contribution is 7.80. The molecule has 1 heterocycles. The summed E-state index contributed by atoms with van der Waals surface area (Å²) >= 11 is 4.91. The van der Waals surface area contributed by atoms with Crippen LogP contribution in [0.5, 0.6) is 11.5 Å². The molecule has 0 bridgehead atoms. The van der Waals surface area contributed by atoms with Crippen molar-refractivity contribution < 1.29 is 9.47 Å². The molecule has 0 aliphatic carbocycles. The van der Waals surface area contributed by atoms with Gasteiger partial charge < -0.3 is 15.2 Å². The second-order valence-corrected chi connectivity index (χ2v) is 5.19. The molecule has 0 aromatic heterocycles. The molecule has 2 aromatic rings. The van der Waals surface area contributed by atoms with Gasteiger partial charge in [-0.25, -0.2) is 0 Å². The Bertz CT molecular complexity index is 600. The van der Waals surface area contributed by atoms with Gasteiger partial charge in [0.1, 0.15) is 29.2 Å². The maximum atomic E-state index is 5.82. The van der Waals surface area contributed by atoms with Crippen molar-refractivity contribution in [2.75, 3.05) is 6.61 Å². The van der Waals surface area contributed by atoms with Gasteiger partial charge in [-0.05, 0) is 35.9 Å². The normalized spacial score (nSPS) is 16.3. The van der Waals surface area contributed by atoms with Crippen molar-refractivity contribution in [2.45, 2.75) is 12.5 Å². The van der Waals surface area contributed by atoms with Crippen LogP contribution in [-0.4, -0.2) is 17.7 Å². The van der Waals surface area contributed by atoms with E-state index in [9.17, 15) is 0 Å². The lowest BCUT2D eigenvalue weighted by atomic mass is 10.1. The topological polar surface area (TPSA) is 44.5 Å². The van der Waals surface area contributed by atoms with Crippen LogP contribution in [0, 0.1) is 0 Å². The summed E-state index contributed by atoms with van der Waals surface area (Å²) < 4.78 is 11.6. The van der Waals surface area contributed by atoms with Crippen molar-refractivity contribution in [3.05, 3.63) is 59.7 Å². The Morgan fingerprint density at radius 2 is 1.95 bits per heavy atom. The zero-order valence-electron chi connectivity index (χ0n) is 10.9. The summed E-state index contributed by atoms with van der Waals surface area (Å²) in [5, 5.41) is 0. The van der Waals surface area contributed by atoms with Crippen LogP contribution in [0.1, 0.15) is 11.1 Å². The Morgan fingerprint density at radius 1 is 1.20 bits per heavy atom. The minimum atomic E-state index is 0.0719. The molecule has 0 saturated heterocycles. The lowest BCUT2D eigenvalue weighted by Gasteiger charge is -2.12. The smallest absolute Gasteiger partial charge is 0.137 e. The quantitative estimate of drug-likeness (QED) is 0.877. The molecule has 1 unspecified atom stereocenters. The molecule has 0 amide bonds. The van der Waals surface area contributed by atoms with Gasteiger partial charge in [-0.3, -0.25) is 0 Å². The van der Waals surface area contributed by atoms with Gasteiger partial charge in [0.05, 0.1) is 0 Å². The highest BCUT2D eigenvalue weighted by Gasteiger charge is 2.22. The number of hydrogen-bond donors (Lipinski definition) is 1. The predicted molar refractivity (Wildman–Crippen MR) is 82.4 cm³/mol. The summed E-state index contributed by atoms with van der Waals surface area (Å²) in [6.45, 7) is 0.529. The average Bonchev–Trinajstić information content (AvgIpc) is 2.88. The van der Waals surface area contributed by atoms with E-state index < -0.39 is 0 Å². The van der Waals surface area contributed by atoms with Crippen LogP contribution in [0.3, 0.4) is 0 Å². The average molecular weight is 285 g/mol. The number of nitrogens with two attached hydrogens (primary N) is 1. The number of rotatable bonds is 4. The molecule has 102 valence electrons. The number of hydrogen-bond acceptors (Lipinski definition) is 3. The Hall–Kier alpha value is -2.07. The van der Waals surface area contributed by atoms with Crippen molar-refractivity contribution in [3.8, 4) is 11.5 Å². The molecule has 2 N–H and O–H groups in total. The maximum absolute atomic E-state index is 5.82. The minimum Gasteiger partial charge on any atom is -0.490 e. The first-order chi connectivity index (χ1) is 9.72. The molecule has 4 heteroatoms. The van der Waals surface area contributed by atoms with E-state index in [4.69, 9.17) is 27.4 Å². The van der Waals surface area contributed by atoms with E-state index >= 15 is 0 Å². The van der Waals surface area contributed by atoms with Gasteiger partial charge in [-0.2, -0.15) is 0 Å². The van der Waals surface area contributed by atoms with Crippen molar-refractivity contribution in [3.63, 3.8) is 0 Å². The third-order valence-corrected chi connectivity index (χ3v) is 3.52. The fourth-order valence-electron chi connectivity index (χ4n) is 2.25. The number of ether oxygens (including phenoxy) is 2. The van der Waals surface area contributed by atoms with Gasteiger partial charge >= 0.3 is 0 Å². The van der Waals surface area contributed by atoms with Crippen LogP contribution < -0.4 is 15.2 Å². The molecular formula is C16H15NO2S. The zero-order valence-corrected chi connectivity index (χ0v) is 11.7. The Kier molecular flexibility index (Phi) is 3.56. The fourth-order valence-corrected chi connectivity index (χ4v) is 2.39. The fraction of sp³-hybridized carbons (Fsp3) is 0.188. The Balaban J connectivity index is 1.57. The molecule has 0 saturated carbocycles. The van der Waals surface area contributed by atoms with Crippen molar-refractivity contribution in [1.29, 1.82) is 0 Å². The van der Waals surface area contributed by atoms with E-state index in [1.165, 1.54) is 5.56 Å². The van der Waals surface area contributed by atoms with Crippen LogP contribution in [0.25, 0.3) is 0 Å². The third-order valence-electron chi connectivity index (χ3n) is 3.29. The third kappa shape index (κ3) is 2.75. The van der Waals surface area contributed by atoms with Gasteiger partial charge in [-0.1, -0.05) is 30.4 Å². The van der Waals surface area contributed by atoms with Gasteiger partial charge in [0.25, 0.3) is 0 Å². The van der Waals surface area contributed by atoms with E-state index in [-0.39, 0.29) is 6.10 Å². The van der Waals surface area contributed by atoms with Crippen LogP contribution in [0.4, 0.5) is 0 Å². The van der Waals surface area contributed by atoms with E-state index in [2.05, 4.69) is 6.07 Å². The van der Waals surface area contributed by atoms with E-state index in [0.29, 0.717) is 11.6 Å². The maximum Gasteiger partial charge on any atom is 0.137 e. The Labute approximate surface area is 123 Å². The van der Waals surface area contributed by atoms with Crippen LogP contribution in [0.2, 0.25) is 0 Å². The number of benzene rings is 2. The largest absolute Gasteiger partial charge is 0.490 e. The zero-order chi connectivity index (χ0) is 13.9. The van der Waals surface area contributed by atoms with Crippen LogP contribution in [0.15, 0.2) is 48.5 Å². The SMILES string of the molecule is NC(=S)c1ccc(OCC2Cc3ccccc3O2)cc1. The molecule has 1 aliphatic rings. The molecule has 0 radical (unpaired) electrons. The molecule has 1 atom stereocenters. The number of thiocarbonyl (C=S) groups is 1. The van der Waals surface area contributed by atoms with Gasteiger partial charge in [-0.15, -0.1) is 0 Å². The molecular weight excluding hydrogens is 270 g/mol. The molecule has 0 spiro atoms. The lowest BCUT2D eigenvalue weighted by molar-refractivity contribution is 0.148. The first-order valence-electron chi connectivity index (χ1n) is 6.49. The number of fused-ring (bicyclic) bond motifs is 1. The predicted octanol–water partition coefficient (Wildman–Crippen LogP) is 2.70. The van der Waals surface area contributed by atoms with E-state index in [1.807, 2.05) is 42.5 Å². The highest BCUT2D eigenvalue weighted by atomic mass is 32.1. The Morgan fingerprint density at radius 3 is 2.65 bits per heavy atom. The molecule has 3 rings (SSSR count). The van der Waals surface area contributed by atoms with Gasteiger partial charge in [0.2, 0.25) is 0 Å². The van der Waals surface area contributed by atoms with Gasteiger partial charge in [0, 0.05) is 12.0 Å². The first kappa shape index (κ1) is 12.9. The summed E-state index contributed by atoms with van der Waals surface area (Å²) in [6.07, 6.45) is 0.962. The minimum absolute atomic E-state index is 0.0719. The first-order valence-corrected chi connectivity index (χ1v) is 6.90. The summed E-state index contributed by atoms with van der Waals surface area (Å²) in [6, 6.07) is 15.6. The highest BCUT2D eigenvalue weighted by Crippen LogP contribution is 2.28. The lowest BCUT2D eigenvalue weighted by Crippen LogP contribution is -2.22. The van der Waals surface area contributed by atoms with Crippen LogP contribution in [-0.2, 0) is 6.42 Å².